The van der Waals surface area contributed by atoms with Gasteiger partial charge >= 0.3 is 0 Å². The molecule has 0 aliphatic rings. The highest BCUT2D eigenvalue weighted by Crippen LogP contribution is 2.18. The number of rotatable bonds is 2. The van der Waals surface area contributed by atoms with Crippen LogP contribution in [0.5, 0.6) is 0 Å². The number of aryl methyl sites for hydroxylation is 1. The number of thiocarbonyl (C=S) groups is 1. The third-order valence-electron chi connectivity index (χ3n) is 1.69. The smallest absolute Gasteiger partial charge is 0.273 e. The Labute approximate surface area is 80.5 Å². The first-order chi connectivity index (χ1) is 6.02. The van der Waals surface area contributed by atoms with Crippen LogP contribution in [0.2, 0.25) is 0 Å². The fourth-order valence-electron chi connectivity index (χ4n) is 0.959. The summed E-state index contributed by atoms with van der Waals surface area (Å²) in [5, 5.41) is 10.5. The first-order valence-corrected chi connectivity index (χ1v) is 3.98. The van der Waals surface area contributed by atoms with Gasteiger partial charge in [0.1, 0.15) is 4.99 Å². The topological polar surface area (TPSA) is 69.2 Å². The summed E-state index contributed by atoms with van der Waals surface area (Å²) in [4.78, 5) is 10.2. The van der Waals surface area contributed by atoms with Crippen molar-refractivity contribution < 1.29 is 4.92 Å². The molecule has 0 saturated carbocycles. The van der Waals surface area contributed by atoms with E-state index >= 15 is 0 Å². The monoisotopic (exact) mass is 196 g/mol. The second-order valence-corrected chi connectivity index (χ2v) is 3.06. The van der Waals surface area contributed by atoms with E-state index < -0.39 is 4.92 Å². The Morgan fingerprint density at radius 1 is 1.62 bits per heavy atom. The van der Waals surface area contributed by atoms with Gasteiger partial charge in [-0.05, 0) is 6.92 Å². The largest absolute Gasteiger partial charge is 0.389 e. The van der Waals surface area contributed by atoms with E-state index in [2.05, 4.69) is 0 Å². The average Bonchev–Trinajstić information content (AvgIpc) is 2.04. The summed E-state index contributed by atoms with van der Waals surface area (Å²) >= 11 is 4.71. The van der Waals surface area contributed by atoms with Crippen molar-refractivity contribution in [1.82, 2.24) is 0 Å². The van der Waals surface area contributed by atoms with Crippen molar-refractivity contribution in [2.45, 2.75) is 6.92 Å². The van der Waals surface area contributed by atoms with Crippen LogP contribution in [0.1, 0.15) is 11.1 Å². The number of hydrogen-bond acceptors (Lipinski definition) is 3. The van der Waals surface area contributed by atoms with E-state index in [1.807, 2.05) is 0 Å². The van der Waals surface area contributed by atoms with E-state index in [-0.39, 0.29) is 10.7 Å². The Kier molecular flexibility index (Phi) is 2.57. The Morgan fingerprint density at radius 2 is 2.23 bits per heavy atom. The number of benzene rings is 1. The molecule has 0 unspecified atom stereocenters. The van der Waals surface area contributed by atoms with Crippen LogP contribution in [-0.2, 0) is 0 Å². The summed E-state index contributed by atoms with van der Waals surface area (Å²) in [6.45, 7) is 1.67. The van der Waals surface area contributed by atoms with Crippen LogP contribution in [0.15, 0.2) is 18.2 Å². The molecule has 2 N–H and O–H groups in total. The van der Waals surface area contributed by atoms with Crippen molar-refractivity contribution >= 4 is 22.9 Å². The summed E-state index contributed by atoms with van der Waals surface area (Å²) in [6.07, 6.45) is 0. The van der Waals surface area contributed by atoms with Gasteiger partial charge in [-0.1, -0.05) is 24.4 Å². The number of nitro groups is 1. The number of nitrogens with zero attached hydrogens (tertiary/aromatic N) is 1. The summed E-state index contributed by atoms with van der Waals surface area (Å²) in [7, 11) is 0. The molecule has 68 valence electrons. The second kappa shape index (κ2) is 3.49. The molecule has 1 aromatic rings. The molecule has 13 heavy (non-hydrogen) atoms. The summed E-state index contributed by atoms with van der Waals surface area (Å²) in [5.74, 6) is 0. The predicted octanol–water partition coefficient (Wildman–Crippen LogP) is 1.54. The maximum atomic E-state index is 10.5. The summed E-state index contributed by atoms with van der Waals surface area (Å²) < 4.78 is 0. The van der Waals surface area contributed by atoms with Crippen molar-refractivity contribution in [3.8, 4) is 0 Å². The van der Waals surface area contributed by atoms with E-state index in [4.69, 9.17) is 18.0 Å². The van der Waals surface area contributed by atoms with Crippen molar-refractivity contribution in [3.05, 3.63) is 39.4 Å². The van der Waals surface area contributed by atoms with Crippen molar-refractivity contribution in [2.24, 2.45) is 5.73 Å². The predicted molar refractivity (Wildman–Crippen MR) is 53.7 cm³/mol. The van der Waals surface area contributed by atoms with Gasteiger partial charge in [0.25, 0.3) is 5.69 Å². The van der Waals surface area contributed by atoms with Gasteiger partial charge in [-0.2, -0.15) is 0 Å². The van der Waals surface area contributed by atoms with E-state index in [0.29, 0.717) is 11.1 Å². The molecule has 0 bridgehead atoms. The molecular weight excluding hydrogens is 188 g/mol. The molecule has 0 spiro atoms. The Morgan fingerprint density at radius 3 is 2.69 bits per heavy atom. The molecule has 4 nitrogen and oxygen atoms in total. The minimum atomic E-state index is -0.447. The highest BCUT2D eigenvalue weighted by Gasteiger charge is 2.11. The lowest BCUT2D eigenvalue weighted by molar-refractivity contribution is -0.385. The van der Waals surface area contributed by atoms with E-state index in [9.17, 15) is 10.1 Å². The third-order valence-corrected chi connectivity index (χ3v) is 1.93. The molecule has 1 rings (SSSR count). The third kappa shape index (κ3) is 2.00. The SMILES string of the molecule is Cc1ccc(C(N)=S)cc1[N+](=O)[O-]. The minimum absolute atomic E-state index is 0.0466. The molecule has 0 fully saturated rings. The van der Waals surface area contributed by atoms with E-state index in [0.717, 1.165) is 0 Å². The molecule has 0 aromatic heterocycles. The number of hydrogen-bond donors (Lipinski definition) is 1. The number of nitro benzene ring substituents is 1. The van der Waals surface area contributed by atoms with Crippen LogP contribution in [0.3, 0.4) is 0 Å². The zero-order chi connectivity index (χ0) is 10.0. The van der Waals surface area contributed by atoms with Gasteiger partial charge in [0.05, 0.1) is 4.92 Å². The van der Waals surface area contributed by atoms with Crippen molar-refractivity contribution in [2.75, 3.05) is 0 Å². The van der Waals surface area contributed by atoms with Crippen LogP contribution < -0.4 is 5.73 Å². The normalized spacial score (nSPS) is 9.62. The maximum Gasteiger partial charge on any atom is 0.273 e. The van der Waals surface area contributed by atoms with Gasteiger partial charge in [0.2, 0.25) is 0 Å². The second-order valence-electron chi connectivity index (χ2n) is 2.62. The van der Waals surface area contributed by atoms with Crippen LogP contribution in [0, 0.1) is 17.0 Å². The molecule has 0 radical (unpaired) electrons. The summed E-state index contributed by atoms with van der Waals surface area (Å²) in [5.41, 5.74) is 6.51. The van der Waals surface area contributed by atoms with Crippen LogP contribution in [0.4, 0.5) is 5.69 Å². The molecule has 0 heterocycles. The zero-order valence-corrected chi connectivity index (χ0v) is 7.80. The van der Waals surface area contributed by atoms with Gasteiger partial charge < -0.3 is 5.73 Å². The van der Waals surface area contributed by atoms with Crippen LogP contribution in [-0.4, -0.2) is 9.91 Å². The van der Waals surface area contributed by atoms with Crippen LogP contribution >= 0.6 is 12.2 Å². The number of nitrogens with two attached hydrogens (primary N) is 1. The van der Waals surface area contributed by atoms with E-state index in [1.165, 1.54) is 6.07 Å². The van der Waals surface area contributed by atoms with Crippen molar-refractivity contribution in [3.63, 3.8) is 0 Å². The molecule has 1 aromatic carbocycles. The quantitative estimate of drug-likeness (QED) is 0.442. The molecule has 0 aliphatic carbocycles. The standard InChI is InChI=1S/C8H8N2O2S/c1-5-2-3-6(8(9)13)4-7(5)10(11)12/h2-4H,1H3,(H2,9,13). The highest BCUT2D eigenvalue weighted by molar-refractivity contribution is 7.80. The lowest BCUT2D eigenvalue weighted by atomic mass is 10.1. The minimum Gasteiger partial charge on any atom is -0.389 e. The first kappa shape index (κ1) is 9.60. The zero-order valence-electron chi connectivity index (χ0n) is 6.98. The van der Waals surface area contributed by atoms with Gasteiger partial charge in [-0.15, -0.1) is 0 Å². The fourth-order valence-corrected chi connectivity index (χ4v) is 1.09. The molecular formula is C8H8N2O2S. The summed E-state index contributed by atoms with van der Waals surface area (Å²) in [6, 6.07) is 4.69. The Bertz CT molecular complexity index is 376. The van der Waals surface area contributed by atoms with E-state index in [1.54, 1.807) is 19.1 Å². The first-order valence-electron chi connectivity index (χ1n) is 3.57. The molecule has 0 amide bonds. The average molecular weight is 196 g/mol. The maximum absolute atomic E-state index is 10.5. The Hall–Kier alpha value is -1.49. The van der Waals surface area contributed by atoms with Gasteiger partial charge in [-0.25, -0.2) is 0 Å². The Balaban J connectivity index is 3.27. The van der Waals surface area contributed by atoms with Gasteiger partial charge in [0, 0.05) is 17.2 Å². The highest BCUT2D eigenvalue weighted by atomic mass is 32.1. The lowest BCUT2D eigenvalue weighted by Gasteiger charge is -2.00. The lowest BCUT2D eigenvalue weighted by Crippen LogP contribution is -2.09. The molecule has 0 saturated heterocycles. The van der Waals surface area contributed by atoms with Crippen LogP contribution in [0.25, 0.3) is 0 Å². The van der Waals surface area contributed by atoms with Gasteiger partial charge in [-0.3, -0.25) is 10.1 Å². The molecule has 0 aliphatic heterocycles. The fraction of sp³-hybridized carbons (Fsp3) is 0.125. The molecule has 5 heteroatoms. The van der Waals surface area contributed by atoms with Gasteiger partial charge in [0.15, 0.2) is 0 Å². The van der Waals surface area contributed by atoms with Crippen molar-refractivity contribution in [1.29, 1.82) is 0 Å². The molecule has 0 atom stereocenters.